The van der Waals surface area contributed by atoms with Gasteiger partial charge in [-0.05, 0) is 18.9 Å². The Balaban J connectivity index is 1.39. The number of nitrogens with zero attached hydrogens (tertiary/aromatic N) is 6. The summed E-state index contributed by atoms with van der Waals surface area (Å²) in [6.07, 6.45) is 7.95. The van der Waals surface area contributed by atoms with Gasteiger partial charge >= 0.3 is 0 Å². The fraction of sp³-hybridized carbons (Fsp3) is 0.263. The SMILES string of the molecule is O=C(Nc1ccccc1[N+](=O)[O-])C1CCN(c2cc(-n3ccnc3)ncn2)CC1. The number of para-hydroxylation sites is 2. The van der Waals surface area contributed by atoms with E-state index in [4.69, 9.17) is 0 Å². The Bertz CT molecular complexity index is 1010. The van der Waals surface area contributed by atoms with Crippen LogP contribution in [0.4, 0.5) is 17.2 Å². The Morgan fingerprint density at radius 3 is 2.66 bits per heavy atom. The number of carbonyl (C=O) groups excluding carboxylic acids is 1. The predicted octanol–water partition coefficient (Wildman–Crippen LogP) is 2.43. The van der Waals surface area contributed by atoms with E-state index in [9.17, 15) is 14.9 Å². The normalized spacial score (nSPS) is 14.6. The smallest absolute Gasteiger partial charge is 0.292 e. The van der Waals surface area contributed by atoms with Crippen molar-refractivity contribution in [3.05, 3.63) is 65.5 Å². The Morgan fingerprint density at radius 2 is 1.93 bits per heavy atom. The van der Waals surface area contributed by atoms with Crippen LogP contribution in [0.3, 0.4) is 0 Å². The van der Waals surface area contributed by atoms with Gasteiger partial charge in [-0.15, -0.1) is 0 Å². The Morgan fingerprint density at radius 1 is 1.17 bits per heavy atom. The van der Waals surface area contributed by atoms with Crippen molar-refractivity contribution in [2.75, 3.05) is 23.3 Å². The maximum absolute atomic E-state index is 12.6. The van der Waals surface area contributed by atoms with Crippen LogP contribution in [0.1, 0.15) is 12.8 Å². The largest absolute Gasteiger partial charge is 0.356 e. The van der Waals surface area contributed by atoms with E-state index >= 15 is 0 Å². The van der Waals surface area contributed by atoms with Crippen molar-refractivity contribution in [3.63, 3.8) is 0 Å². The number of nitro benzene ring substituents is 1. The van der Waals surface area contributed by atoms with Crippen LogP contribution in [0.15, 0.2) is 55.4 Å². The summed E-state index contributed by atoms with van der Waals surface area (Å²) >= 11 is 0. The molecular weight excluding hydrogens is 374 g/mol. The molecule has 0 radical (unpaired) electrons. The fourth-order valence-corrected chi connectivity index (χ4v) is 3.39. The van der Waals surface area contributed by atoms with E-state index in [2.05, 4.69) is 25.2 Å². The van der Waals surface area contributed by atoms with Crippen molar-refractivity contribution in [3.8, 4) is 5.82 Å². The highest BCUT2D eigenvalue weighted by molar-refractivity contribution is 5.94. The van der Waals surface area contributed by atoms with E-state index < -0.39 is 4.92 Å². The molecule has 0 atom stereocenters. The van der Waals surface area contributed by atoms with Gasteiger partial charge in [0.2, 0.25) is 5.91 Å². The second-order valence-corrected chi connectivity index (χ2v) is 6.73. The highest BCUT2D eigenvalue weighted by atomic mass is 16.6. The molecule has 4 rings (SSSR count). The minimum atomic E-state index is -0.495. The average Bonchev–Trinajstić information content (AvgIpc) is 3.29. The average molecular weight is 393 g/mol. The van der Waals surface area contributed by atoms with Crippen LogP contribution in [0.5, 0.6) is 0 Å². The third kappa shape index (κ3) is 4.05. The number of hydrogen-bond donors (Lipinski definition) is 1. The van der Waals surface area contributed by atoms with Crippen molar-refractivity contribution in [1.29, 1.82) is 0 Å². The van der Waals surface area contributed by atoms with E-state index in [1.54, 1.807) is 35.3 Å². The summed E-state index contributed by atoms with van der Waals surface area (Å²) in [5, 5.41) is 13.8. The van der Waals surface area contributed by atoms with Crippen molar-refractivity contribution in [2.45, 2.75) is 12.8 Å². The number of hydrogen-bond acceptors (Lipinski definition) is 7. The number of imidazole rings is 1. The van der Waals surface area contributed by atoms with Crippen LogP contribution >= 0.6 is 0 Å². The standard InChI is InChI=1S/C19H19N7O3/c27-19(23-15-3-1-2-4-16(15)26(28)29)14-5-8-24(9-6-14)17-11-18(22-12-21-17)25-10-7-20-13-25/h1-4,7,10-14H,5-6,8-9H2,(H,23,27). The summed E-state index contributed by atoms with van der Waals surface area (Å²) in [5.41, 5.74) is 0.122. The zero-order valence-electron chi connectivity index (χ0n) is 15.5. The van der Waals surface area contributed by atoms with Crippen molar-refractivity contribution in [1.82, 2.24) is 19.5 Å². The molecule has 1 aliphatic heterocycles. The van der Waals surface area contributed by atoms with E-state index in [1.165, 1.54) is 12.4 Å². The number of nitro groups is 1. The lowest BCUT2D eigenvalue weighted by molar-refractivity contribution is -0.383. The van der Waals surface area contributed by atoms with Gasteiger partial charge in [-0.2, -0.15) is 0 Å². The molecule has 1 saturated heterocycles. The molecule has 0 spiro atoms. The minimum Gasteiger partial charge on any atom is -0.356 e. The number of carbonyl (C=O) groups is 1. The van der Waals surface area contributed by atoms with E-state index in [-0.39, 0.29) is 23.2 Å². The first-order valence-corrected chi connectivity index (χ1v) is 9.21. The van der Waals surface area contributed by atoms with E-state index in [0.29, 0.717) is 25.9 Å². The number of rotatable bonds is 5. The molecule has 1 amide bonds. The molecule has 10 nitrogen and oxygen atoms in total. The van der Waals surface area contributed by atoms with Crippen LogP contribution in [0.2, 0.25) is 0 Å². The number of anilines is 2. The molecule has 1 N–H and O–H groups in total. The first-order valence-electron chi connectivity index (χ1n) is 9.21. The molecule has 1 fully saturated rings. The molecule has 3 aromatic rings. The van der Waals surface area contributed by atoms with Crippen LogP contribution in [0.25, 0.3) is 5.82 Å². The third-order valence-electron chi connectivity index (χ3n) is 4.96. The number of aromatic nitrogens is 4. The lowest BCUT2D eigenvalue weighted by Crippen LogP contribution is -2.38. The van der Waals surface area contributed by atoms with Crippen LogP contribution in [-0.2, 0) is 4.79 Å². The number of nitrogens with one attached hydrogen (secondary N) is 1. The van der Waals surface area contributed by atoms with Crippen molar-refractivity contribution in [2.24, 2.45) is 5.92 Å². The van der Waals surface area contributed by atoms with Crippen molar-refractivity contribution < 1.29 is 9.72 Å². The molecular formula is C19H19N7O3. The highest BCUT2D eigenvalue weighted by Gasteiger charge is 2.27. The zero-order chi connectivity index (χ0) is 20.2. The first-order chi connectivity index (χ1) is 14.1. The lowest BCUT2D eigenvalue weighted by atomic mass is 9.95. The van der Waals surface area contributed by atoms with Gasteiger partial charge in [0.1, 0.15) is 30.0 Å². The maximum Gasteiger partial charge on any atom is 0.292 e. The molecule has 0 bridgehead atoms. The summed E-state index contributed by atoms with van der Waals surface area (Å²) in [6.45, 7) is 1.32. The van der Waals surface area contributed by atoms with Crippen molar-refractivity contribution >= 4 is 23.1 Å². The monoisotopic (exact) mass is 393 g/mol. The summed E-state index contributed by atoms with van der Waals surface area (Å²) in [7, 11) is 0. The number of piperidine rings is 1. The Hall–Kier alpha value is -3.82. The molecule has 0 saturated carbocycles. The summed E-state index contributed by atoms with van der Waals surface area (Å²) in [6, 6.07) is 8.05. The molecule has 148 valence electrons. The molecule has 1 aromatic carbocycles. The molecule has 10 heteroatoms. The van der Waals surface area contributed by atoms with Gasteiger partial charge in [0, 0.05) is 43.5 Å². The zero-order valence-corrected chi connectivity index (χ0v) is 15.5. The van der Waals surface area contributed by atoms with Gasteiger partial charge in [0.25, 0.3) is 5.69 Å². The first kappa shape index (κ1) is 18.5. The quantitative estimate of drug-likeness (QED) is 0.522. The Kier molecular flexibility index (Phi) is 5.14. The van der Waals surface area contributed by atoms with Gasteiger partial charge in [-0.3, -0.25) is 19.5 Å². The maximum atomic E-state index is 12.6. The molecule has 2 aromatic heterocycles. The van der Waals surface area contributed by atoms with Crippen LogP contribution < -0.4 is 10.2 Å². The molecule has 1 aliphatic rings. The second kappa shape index (κ2) is 8.05. The number of amides is 1. The topological polar surface area (TPSA) is 119 Å². The summed E-state index contributed by atoms with van der Waals surface area (Å²) in [5.74, 6) is 1.12. The molecule has 0 aliphatic carbocycles. The molecule has 3 heterocycles. The summed E-state index contributed by atoms with van der Waals surface area (Å²) < 4.78 is 1.80. The predicted molar refractivity (Wildman–Crippen MR) is 106 cm³/mol. The van der Waals surface area contributed by atoms with Crippen LogP contribution in [-0.4, -0.2) is 43.4 Å². The van der Waals surface area contributed by atoms with E-state index in [0.717, 1.165) is 11.6 Å². The lowest BCUT2D eigenvalue weighted by Gasteiger charge is -2.32. The number of benzene rings is 1. The summed E-state index contributed by atoms with van der Waals surface area (Å²) in [4.78, 5) is 38.0. The minimum absolute atomic E-state index is 0.105. The van der Waals surface area contributed by atoms with Gasteiger partial charge in [-0.1, -0.05) is 12.1 Å². The van der Waals surface area contributed by atoms with Gasteiger partial charge in [-0.25, -0.2) is 15.0 Å². The van der Waals surface area contributed by atoms with Crippen LogP contribution in [0, 0.1) is 16.0 Å². The van der Waals surface area contributed by atoms with Gasteiger partial charge in [0.15, 0.2) is 0 Å². The Labute approximate surface area is 166 Å². The second-order valence-electron chi connectivity index (χ2n) is 6.73. The van der Waals surface area contributed by atoms with Gasteiger partial charge in [0.05, 0.1) is 4.92 Å². The highest BCUT2D eigenvalue weighted by Crippen LogP contribution is 2.27. The third-order valence-corrected chi connectivity index (χ3v) is 4.96. The molecule has 0 unspecified atom stereocenters. The van der Waals surface area contributed by atoms with Gasteiger partial charge < -0.3 is 10.2 Å². The fourth-order valence-electron chi connectivity index (χ4n) is 3.39. The van der Waals surface area contributed by atoms with E-state index in [1.807, 2.05) is 12.3 Å². The molecule has 29 heavy (non-hydrogen) atoms.